The number of rotatable bonds is 1. The number of H-pyrrole nitrogens is 1. The van der Waals surface area contributed by atoms with Gasteiger partial charge in [0.05, 0.1) is 0 Å². The Morgan fingerprint density at radius 3 is 2.58 bits per heavy atom. The third kappa shape index (κ3) is 1.16. The summed E-state index contributed by atoms with van der Waals surface area (Å²) in [5, 5.41) is 9.02. The first-order valence-electron chi connectivity index (χ1n) is 3.57. The lowest BCUT2D eigenvalue weighted by molar-refractivity contribution is 0.475. The molecule has 12 heavy (non-hydrogen) atoms. The zero-order valence-corrected chi connectivity index (χ0v) is 6.28. The predicted molar refractivity (Wildman–Crippen MR) is 44.5 cm³/mol. The number of aromatic nitrogens is 2. The van der Waals surface area contributed by atoms with Crippen LogP contribution in [0.15, 0.2) is 30.5 Å². The van der Waals surface area contributed by atoms with Crippen molar-refractivity contribution in [3.05, 3.63) is 36.7 Å². The number of hydrogen-bond donors (Lipinski definition) is 2. The van der Waals surface area contributed by atoms with E-state index in [2.05, 4.69) is 16.2 Å². The zero-order valence-electron chi connectivity index (χ0n) is 6.28. The summed E-state index contributed by atoms with van der Waals surface area (Å²) < 4.78 is 0. The summed E-state index contributed by atoms with van der Waals surface area (Å²) in [7, 11) is 0. The van der Waals surface area contributed by atoms with Crippen LogP contribution in [0.25, 0.3) is 11.4 Å². The Bertz CT molecular complexity index is 351. The van der Waals surface area contributed by atoms with Gasteiger partial charge in [-0.2, -0.15) is 0 Å². The molecule has 1 aromatic carbocycles. The van der Waals surface area contributed by atoms with Crippen molar-refractivity contribution < 1.29 is 5.11 Å². The van der Waals surface area contributed by atoms with Gasteiger partial charge >= 0.3 is 0 Å². The van der Waals surface area contributed by atoms with Crippen molar-refractivity contribution >= 4 is 0 Å². The van der Waals surface area contributed by atoms with Crippen LogP contribution in [0.2, 0.25) is 0 Å². The van der Waals surface area contributed by atoms with Crippen LogP contribution in [-0.2, 0) is 0 Å². The van der Waals surface area contributed by atoms with Gasteiger partial charge in [0.1, 0.15) is 17.8 Å². The number of nitrogens with zero attached hydrogens (tertiary/aromatic N) is 1. The minimum atomic E-state index is 0.259. The highest BCUT2D eigenvalue weighted by atomic mass is 16.3. The maximum atomic E-state index is 9.02. The second-order valence-electron chi connectivity index (χ2n) is 2.43. The number of benzene rings is 1. The summed E-state index contributed by atoms with van der Waals surface area (Å²) in [6, 6.07) is 6.83. The minimum absolute atomic E-state index is 0.259. The highest BCUT2D eigenvalue weighted by Crippen LogP contribution is 2.17. The fourth-order valence-electron chi connectivity index (χ4n) is 0.997. The molecule has 0 aliphatic heterocycles. The molecule has 2 rings (SSSR count). The number of phenols is 1. The third-order valence-corrected chi connectivity index (χ3v) is 1.59. The normalized spacial score (nSPS) is 10.0. The summed E-state index contributed by atoms with van der Waals surface area (Å²) in [4.78, 5) is 6.88. The lowest BCUT2D eigenvalue weighted by Gasteiger charge is -1.95. The van der Waals surface area contributed by atoms with Crippen LogP contribution in [0.5, 0.6) is 5.75 Å². The van der Waals surface area contributed by atoms with Gasteiger partial charge in [-0.25, -0.2) is 4.98 Å². The van der Waals surface area contributed by atoms with E-state index in [4.69, 9.17) is 5.11 Å². The number of nitrogens with one attached hydrogen (secondary N) is 1. The van der Waals surface area contributed by atoms with E-state index in [-0.39, 0.29) is 5.75 Å². The molecule has 0 amide bonds. The molecule has 0 unspecified atom stereocenters. The monoisotopic (exact) mass is 159 g/mol. The van der Waals surface area contributed by atoms with E-state index in [1.165, 1.54) is 0 Å². The molecule has 3 nitrogen and oxygen atoms in total. The third-order valence-electron chi connectivity index (χ3n) is 1.59. The predicted octanol–water partition coefficient (Wildman–Crippen LogP) is 1.58. The van der Waals surface area contributed by atoms with Gasteiger partial charge in [-0.3, -0.25) is 0 Å². The number of aromatic hydroxyl groups is 1. The molecule has 0 spiro atoms. The SMILES string of the molecule is Oc1ccc(-c2n[c]c[nH]2)cc1. The van der Waals surface area contributed by atoms with Gasteiger partial charge in [0.2, 0.25) is 0 Å². The summed E-state index contributed by atoms with van der Waals surface area (Å²) in [6.07, 6.45) is 4.32. The molecule has 1 heterocycles. The topological polar surface area (TPSA) is 48.9 Å². The van der Waals surface area contributed by atoms with Crippen LogP contribution < -0.4 is 0 Å². The van der Waals surface area contributed by atoms with Crippen LogP contribution >= 0.6 is 0 Å². The quantitative estimate of drug-likeness (QED) is 0.663. The number of imidazole rings is 1. The van der Waals surface area contributed by atoms with E-state index in [1.807, 2.05) is 0 Å². The molecule has 59 valence electrons. The largest absolute Gasteiger partial charge is 0.508 e. The van der Waals surface area contributed by atoms with E-state index < -0.39 is 0 Å². The van der Waals surface area contributed by atoms with Crippen molar-refractivity contribution in [2.45, 2.75) is 0 Å². The van der Waals surface area contributed by atoms with E-state index in [9.17, 15) is 0 Å². The average Bonchev–Trinajstić information content (AvgIpc) is 2.58. The van der Waals surface area contributed by atoms with E-state index in [0.29, 0.717) is 0 Å². The molecule has 0 saturated heterocycles. The molecule has 2 aromatic rings. The van der Waals surface area contributed by atoms with E-state index in [0.717, 1.165) is 11.4 Å². The maximum Gasteiger partial charge on any atom is 0.138 e. The Kier molecular flexibility index (Phi) is 1.55. The molecule has 0 fully saturated rings. The summed E-state index contributed by atoms with van der Waals surface area (Å²) in [5.41, 5.74) is 0.939. The Morgan fingerprint density at radius 1 is 1.25 bits per heavy atom. The van der Waals surface area contributed by atoms with E-state index >= 15 is 0 Å². The van der Waals surface area contributed by atoms with Gasteiger partial charge < -0.3 is 10.1 Å². The smallest absolute Gasteiger partial charge is 0.138 e. The van der Waals surface area contributed by atoms with Crippen molar-refractivity contribution in [3.63, 3.8) is 0 Å². The fraction of sp³-hybridized carbons (Fsp3) is 0. The molecule has 1 aromatic heterocycles. The Hall–Kier alpha value is -1.77. The molecule has 0 atom stereocenters. The van der Waals surface area contributed by atoms with E-state index in [1.54, 1.807) is 30.5 Å². The van der Waals surface area contributed by atoms with Crippen molar-refractivity contribution in [1.29, 1.82) is 0 Å². The van der Waals surface area contributed by atoms with Crippen molar-refractivity contribution in [2.75, 3.05) is 0 Å². The lowest BCUT2D eigenvalue weighted by Crippen LogP contribution is -1.78. The standard InChI is InChI=1S/C9H7N2O/c12-8-3-1-7(2-4-8)9-10-5-6-11-9/h1-5,12H,(H,10,11). The average molecular weight is 159 g/mol. The first-order valence-corrected chi connectivity index (χ1v) is 3.57. The van der Waals surface area contributed by atoms with Crippen molar-refractivity contribution in [1.82, 2.24) is 9.97 Å². The maximum absolute atomic E-state index is 9.02. The van der Waals surface area contributed by atoms with Crippen LogP contribution in [0.4, 0.5) is 0 Å². The van der Waals surface area contributed by atoms with Crippen LogP contribution in [-0.4, -0.2) is 15.1 Å². The number of hydrogen-bond acceptors (Lipinski definition) is 2. The molecule has 2 N–H and O–H groups in total. The molecular weight excluding hydrogens is 152 g/mol. The van der Waals surface area contributed by atoms with Gasteiger partial charge in [0.15, 0.2) is 0 Å². The molecular formula is C9H7N2O. The summed E-state index contributed by atoms with van der Waals surface area (Å²) in [5.74, 6) is 1.02. The molecule has 0 aliphatic rings. The molecule has 3 heteroatoms. The van der Waals surface area contributed by atoms with Gasteiger partial charge in [-0.1, -0.05) is 0 Å². The van der Waals surface area contributed by atoms with Gasteiger partial charge in [-0.15, -0.1) is 0 Å². The number of phenolic OH excluding ortho intramolecular Hbond substituents is 1. The van der Waals surface area contributed by atoms with Gasteiger partial charge in [0, 0.05) is 11.8 Å². The van der Waals surface area contributed by atoms with Gasteiger partial charge in [0.25, 0.3) is 0 Å². The van der Waals surface area contributed by atoms with Crippen LogP contribution in [0.3, 0.4) is 0 Å². The van der Waals surface area contributed by atoms with Crippen LogP contribution in [0, 0.1) is 6.20 Å². The fourth-order valence-corrected chi connectivity index (χ4v) is 0.997. The second-order valence-corrected chi connectivity index (χ2v) is 2.43. The first-order chi connectivity index (χ1) is 5.86. The van der Waals surface area contributed by atoms with Crippen molar-refractivity contribution in [3.8, 4) is 17.1 Å². The molecule has 1 radical (unpaired) electrons. The lowest BCUT2D eigenvalue weighted by atomic mass is 10.2. The Labute approximate surface area is 69.7 Å². The highest BCUT2D eigenvalue weighted by Gasteiger charge is 1.97. The zero-order chi connectivity index (χ0) is 8.39. The summed E-state index contributed by atoms with van der Waals surface area (Å²) >= 11 is 0. The van der Waals surface area contributed by atoms with Gasteiger partial charge in [-0.05, 0) is 24.3 Å². The van der Waals surface area contributed by atoms with Crippen LogP contribution in [0.1, 0.15) is 0 Å². The minimum Gasteiger partial charge on any atom is -0.508 e. The highest BCUT2D eigenvalue weighted by molar-refractivity contribution is 5.55. The first kappa shape index (κ1) is 6.91. The van der Waals surface area contributed by atoms with Crippen molar-refractivity contribution in [2.24, 2.45) is 0 Å². The number of aromatic amines is 1. The summed E-state index contributed by atoms with van der Waals surface area (Å²) in [6.45, 7) is 0. The Morgan fingerprint density at radius 2 is 2.00 bits per heavy atom. The molecule has 0 aliphatic carbocycles. The Balaban J connectivity index is 2.43. The molecule has 0 saturated carbocycles. The molecule has 0 bridgehead atoms. The second kappa shape index (κ2) is 2.70.